The number of hydrogen-bond acceptors (Lipinski definition) is 4. The van der Waals surface area contributed by atoms with E-state index in [2.05, 4.69) is 6.92 Å². The summed E-state index contributed by atoms with van der Waals surface area (Å²) in [7, 11) is 0. The lowest BCUT2D eigenvalue weighted by Crippen LogP contribution is -2.35. The molecule has 1 aliphatic rings. The molecule has 0 unspecified atom stereocenters. The Kier molecular flexibility index (Phi) is 7.82. The summed E-state index contributed by atoms with van der Waals surface area (Å²) in [6, 6.07) is 15.0. The maximum Gasteiger partial charge on any atom is 0.222 e. The smallest absolute Gasteiger partial charge is 0.222 e. The molecule has 0 atom stereocenters. The van der Waals surface area contributed by atoms with Crippen LogP contribution in [0.1, 0.15) is 73.6 Å². The van der Waals surface area contributed by atoms with Gasteiger partial charge in [-0.15, -0.1) is 0 Å². The van der Waals surface area contributed by atoms with Crippen molar-refractivity contribution in [2.45, 2.75) is 58.3 Å². The summed E-state index contributed by atoms with van der Waals surface area (Å²) in [6.45, 7) is 4.40. The number of nitrogens with zero attached hydrogens (tertiary/aromatic N) is 1. The molecule has 0 spiro atoms. The van der Waals surface area contributed by atoms with Gasteiger partial charge in [0.05, 0.1) is 12.2 Å². The van der Waals surface area contributed by atoms with Crippen molar-refractivity contribution in [3.05, 3.63) is 65.4 Å². The summed E-state index contributed by atoms with van der Waals surface area (Å²) in [5.74, 6) is 1.68. The molecule has 0 aliphatic carbocycles. The summed E-state index contributed by atoms with van der Waals surface area (Å²) >= 11 is 0. The molecule has 5 heteroatoms. The normalized spacial score (nSPS) is 13.9. The summed E-state index contributed by atoms with van der Waals surface area (Å²) < 4.78 is 11.8. The lowest BCUT2D eigenvalue weighted by Gasteiger charge is -2.26. The van der Waals surface area contributed by atoms with Crippen LogP contribution in [0.4, 0.5) is 0 Å². The van der Waals surface area contributed by atoms with E-state index in [1.54, 1.807) is 0 Å². The van der Waals surface area contributed by atoms with E-state index in [-0.39, 0.29) is 11.7 Å². The molecule has 0 radical (unpaired) electrons. The fourth-order valence-corrected chi connectivity index (χ4v) is 4.42. The zero-order chi connectivity index (χ0) is 23.0. The van der Waals surface area contributed by atoms with Gasteiger partial charge in [-0.3, -0.25) is 9.59 Å². The summed E-state index contributed by atoms with van der Waals surface area (Å²) in [5.41, 5.74) is 2.04. The maximum absolute atomic E-state index is 13.4. The van der Waals surface area contributed by atoms with Crippen LogP contribution in [0.2, 0.25) is 0 Å². The van der Waals surface area contributed by atoms with Crippen molar-refractivity contribution in [3.8, 4) is 5.75 Å². The number of amides is 1. The lowest BCUT2D eigenvalue weighted by atomic mass is 9.98. The highest BCUT2D eigenvalue weighted by atomic mass is 16.5. The van der Waals surface area contributed by atoms with Crippen LogP contribution in [0.15, 0.2) is 52.9 Å². The van der Waals surface area contributed by atoms with Crippen LogP contribution < -0.4 is 4.74 Å². The van der Waals surface area contributed by atoms with Crippen molar-refractivity contribution < 1.29 is 18.7 Å². The van der Waals surface area contributed by atoms with Gasteiger partial charge in [0, 0.05) is 36.9 Å². The van der Waals surface area contributed by atoms with Crippen molar-refractivity contribution in [1.29, 1.82) is 0 Å². The Hall–Kier alpha value is -3.08. The van der Waals surface area contributed by atoms with E-state index in [9.17, 15) is 9.59 Å². The minimum absolute atomic E-state index is 0.0234. The first-order valence-electron chi connectivity index (χ1n) is 12.2. The number of piperidine rings is 1. The molecule has 33 heavy (non-hydrogen) atoms. The van der Waals surface area contributed by atoms with Crippen LogP contribution in [0.5, 0.6) is 5.75 Å². The average Bonchev–Trinajstić information content (AvgIpc) is 3.24. The maximum atomic E-state index is 13.4. The molecule has 1 aromatic heterocycles. The minimum atomic E-state index is -0.0234. The third-order valence-electron chi connectivity index (χ3n) is 6.28. The number of para-hydroxylation sites is 1. The Morgan fingerprint density at radius 2 is 1.73 bits per heavy atom. The van der Waals surface area contributed by atoms with E-state index in [0.29, 0.717) is 36.3 Å². The van der Waals surface area contributed by atoms with E-state index < -0.39 is 0 Å². The second-order valence-corrected chi connectivity index (χ2v) is 8.75. The Labute approximate surface area is 195 Å². The molecular weight excluding hydrogens is 414 g/mol. The number of carbonyl (C=O) groups is 2. The molecule has 1 fully saturated rings. The topological polar surface area (TPSA) is 59.8 Å². The van der Waals surface area contributed by atoms with Gasteiger partial charge in [-0.1, -0.05) is 31.5 Å². The number of rotatable bonds is 10. The number of furan rings is 1. The number of hydrogen-bond donors (Lipinski definition) is 0. The molecule has 1 saturated heterocycles. The number of aryl methyl sites for hydroxylation is 1. The molecule has 5 nitrogen and oxygen atoms in total. The van der Waals surface area contributed by atoms with Gasteiger partial charge in [-0.25, -0.2) is 0 Å². The Morgan fingerprint density at radius 1 is 0.970 bits per heavy atom. The number of carbonyl (C=O) groups excluding carboxylic acids is 2. The van der Waals surface area contributed by atoms with E-state index in [1.807, 2.05) is 53.4 Å². The summed E-state index contributed by atoms with van der Waals surface area (Å²) in [4.78, 5) is 27.6. The van der Waals surface area contributed by atoms with Crippen LogP contribution in [0, 0.1) is 0 Å². The van der Waals surface area contributed by atoms with E-state index >= 15 is 0 Å². The number of ketones is 1. The average molecular weight is 448 g/mol. The second-order valence-electron chi connectivity index (χ2n) is 8.75. The number of ether oxygens (including phenoxy) is 1. The monoisotopic (exact) mass is 447 g/mol. The highest BCUT2D eigenvalue weighted by molar-refractivity contribution is 6.16. The Balaban J connectivity index is 1.36. The Morgan fingerprint density at radius 3 is 2.48 bits per heavy atom. The van der Waals surface area contributed by atoms with Gasteiger partial charge in [-0.05, 0) is 62.4 Å². The fourth-order valence-electron chi connectivity index (χ4n) is 4.42. The molecular formula is C28H33NO4. The van der Waals surface area contributed by atoms with Gasteiger partial charge in [0.1, 0.15) is 17.1 Å². The summed E-state index contributed by atoms with van der Waals surface area (Å²) in [5, 5.41) is 0.868. The second kappa shape index (κ2) is 11.2. The molecule has 0 N–H and O–H groups in total. The number of benzene rings is 2. The van der Waals surface area contributed by atoms with Crippen molar-refractivity contribution in [3.63, 3.8) is 0 Å². The first kappa shape index (κ1) is 23.1. The third kappa shape index (κ3) is 5.65. The zero-order valence-corrected chi connectivity index (χ0v) is 19.5. The van der Waals surface area contributed by atoms with Gasteiger partial charge in [-0.2, -0.15) is 0 Å². The van der Waals surface area contributed by atoms with Crippen molar-refractivity contribution >= 4 is 22.7 Å². The van der Waals surface area contributed by atoms with E-state index in [0.717, 1.165) is 61.9 Å². The quantitative estimate of drug-likeness (QED) is 0.275. The van der Waals surface area contributed by atoms with Crippen LogP contribution in [0.25, 0.3) is 11.0 Å². The third-order valence-corrected chi connectivity index (χ3v) is 6.28. The van der Waals surface area contributed by atoms with Gasteiger partial charge in [0.15, 0.2) is 5.78 Å². The molecule has 4 rings (SSSR count). The molecule has 0 saturated carbocycles. The lowest BCUT2D eigenvalue weighted by molar-refractivity contribution is -0.132. The van der Waals surface area contributed by atoms with Gasteiger partial charge < -0.3 is 14.1 Å². The predicted molar refractivity (Wildman–Crippen MR) is 130 cm³/mol. The first-order valence-corrected chi connectivity index (χ1v) is 12.2. The zero-order valence-electron chi connectivity index (χ0n) is 19.5. The molecule has 174 valence electrons. The van der Waals surface area contributed by atoms with Crippen molar-refractivity contribution in [1.82, 2.24) is 4.90 Å². The highest BCUT2D eigenvalue weighted by Crippen LogP contribution is 2.30. The van der Waals surface area contributed by atoms with Crippen LogP contribution in [-0.2, 0) is 11.2 Å². The fraction of sp³-hybridized carbons (Fsp3) is 0.429. The number of likely N-dealkylation sites (tertiary alicyclic amines) is 1. The van der Waals surface area contributed by atoms with Crippen LogP contribution >= 0.6 is 0 Å². The molecule has 1 aliphatic heterocycles. The Bertz CT molecular complexity index is 1080. The molecule has 1 amide bonds. The SMILES string of the molecule is CCCCc1oc2ccccc2c1C(=O)c1ccc(OCCCC(=O)N2CCCCC2)cc1. The number of fused-ring (bicyclic) bond motifs is 1. The summed E-state index contributed by atoms with van der Waals surface area (Å²) in [6.07, 6.45) is 7.44. The highest BCUT2D eigenvalue weighted by Gasteiger charge is 2.21. The molecule has 0 bridgehead atoms. The van der Waals surface area contributed by atoms with Gasteiger partial charge >= 0.3 is 0 Å². The standard InChI is InChI=1S/C28H33NO4/c1-2-3-11-25-27(23-10-5-6-12-24(23)33-25)28(31)21-14-16-22(17-15-21)32-20-9-13-26(30)29-18-7-4-8-19-29/h5-6,10,12,14-17H,2-4,7-9,11,13,18-20H2,1H3. The van der Waals surface area contributed by atoms with Gasteiger partial charge in [0.2, 0.25) is 5.91 Å². The molecule has 2 aromatic carbocycles. The van der Waals surface area contributed by atoms with E-state index in [1.165, 1.54) is 6.42 Å². The van der Waals surface area contributed by atoms with Crippen LogP contribution in [0.3, 0.4) is 0 Å². The first-order chi connectivity index (χ1) is 16.2. The molecule has 3 aromatic rings. The van der Waals surface area contributed by atoms with Crippen molar-refractivity contribution in [2.75, 3.05) is 19.7 Å². The number of unbranched alkanes of at least 4 members (excludes halogenated alkanes) is 1. The minimum Gasteiger partial charge on any atom is -0.494 e. The van der Waals surface area contributed by atoms with Gasteiger partial charge in [0.25, 0.3) is 0 Å². The van der Waals surface area contributed by atoms with Crippen LogP contribution in [-0.4, -0.2) is 36.3 Å². The predicted octanol–water partition coefficient (Wildman–Crippen LogP) is 6.18. The molecule has 2 heterocycles. The van der Waals surface area contributed by atoms with Crippen molar-refractivity contribution in [2.24, 2.45) is 0 Å². The largest absolute Gasteiger partial charge is 0.494 e. The van der Waals surface area contributed by atoms with E-state index in [4.69, 9.17) is 9.15 Å².